The lowest BCUT2D eigenvalue weighted by atomic mass is 9.77. The standard InChI is InChI=1S/C42H44O20/c43-13-26-32(50)35(53)37(55)41(61-26)57-19-9-20(47)28-24(10-19)59-39(16-3-7-18(46)8-4-16)34(52)31(28)30-22(49)12-25(60-42-38(56)36(54)33(51)27(14-44)62-42)29-21(48)11-23(58-40(29)30)15-1-5-17(45)6-2-15/h1-10,12,23,26-27,31-39,41-47,49-56H,11,13-14H2/t23?,26-,27-,31?,32-,33-,34?,35+,36+,37-,38-,39?,41-,42-/m1/s1. The van der Waals surface area contributed by atoms with Crippen LogP contribution in [0.15, 0.2) is 66.7 Å². The molecule has 2 saturated heterocycles. The molecule has 0 bridgehead atoms. The van der Waals surface area contributed by atoms with Crippen molar-refractivity contribution in [2.24, 2.45) is 0 Å². The largest absolute Gasteiger partial charge is 0.508 e. The molecule has 0 spiro atoms. The number of Topliss-reactive ketones (excluding diaryl/α,β-unsaturated/α-hetero) is 1. The predicted octanol–water partition coefficient (Wildman–Crippen LogP) is -0.801. The Kier molecular flexibility index (Phi) is 11.8. The highest BCUT2D eigenvalue weighted by Crippen LogP contribution is 2.57. The van der Waals surface area contributed by atoms with Crippen LogP contribution < -0.4 is 18.9 Å². The number of benzene rings is 4. The summed E-state index contributed by atoms with van der Waals surface area (Å²) in [6.45, 7) is -1.55. The third-order valence-corrected chi connectivity index (χ3v) is 11.5. The molecule has 20 heteroatoms. The lowest BCUT2D eigenvalue weighted by molar-refractivity contribution is -0.277. The number of aliphatic hydroxyl groups is 9. The van der Waals surface area contributed by atoms with Crippen LogP contribution in [0.4, 0.5) is 0 Å². The summed E-state index contributed by atoms with van der Waals surface area (Å²) in [7, 11) is 0. The first-order valence-electron chi connectivity index (χ1n) is 19.4. The average Bonchev–Trinajstić information content (AvgIpc) is 3.24. The van der Waals surface area contributed by atoms with E-state index in [1.807, 2.05) is 0 Å². The fourth-order valence-corrected chi connectivity index (χ4v) is 8.20. The smallest absolute Gasteiger partial charge is 0.229 e. The molecule has 4 unspecified atom stereocenters. The number of aromatic hydroxyl groups is 4. The van der Waals surface area contributed by atoms with E-state index in [0.717, 1.165) is 12.1 Å². The van der Waals surface area contributed by atoms with E-state index in [9.17, 15) is 71.2 Å². The fraction of sp³-hybridized carbons (Fsp3) is 0.405. The molecule has 4 aliphatic heterocycles. The fourth-order valence-electron chi connectivity index (χ4n) is 8.20. The van der Waals surface area contributed by atoms with Crippen LogP contribution in [0.5, 0.6) is 46.0 Å². The molecule has 2 fully saturated rings. The molecule has 4 aromatic carbocycles. The summed E-state index contributed by atoms with van der Waals surface area (Å²) in [4.78, 5) is 14.3. The number of ether oxygens (including phenoxy) is 6. The van der Waals surface area contributed by atoms with E-state index in [4.69, 9.17) is 28.4 Å². The van der Waals surface area contributed by atoms with Gasteiger partial charge in [0.05, 0.1) is 25.6 Å². The van der Waals surface area contributed by atoms with Gasteiger partial charge in [-0.25, -0.2) is 0 Å². The summed E-state index contributed by atoms with van der Waals surface area (Å²) in [6.07, 6.45) is -21.7. The summed E-state index contributed by atoms with van der Waals surface area (Å²) in [5.74, 6) is -5.01. The third kappa shape index (κ3) is 7.69. The zero-order chi connectivity index (χ0) is 44.3. The van der Waals surface area contributed by atoms with E-state index in [1.54, 1.807) is 0 Å². The van der Waals surface area contributed by atoms with Gasteiger partial charge in [0.25, 0.3) is 0 Å². The summed E-state index contributed by atoms with van der Waals surface area (Å²) in [6, 6.07) is 14.5. The van der Waals surface area contributed by atoms with E-state index in [-0.39, 0.29) is 57.4 Å². The minimum Gasteiger partial charge on any atom is -0.508 e. The average molecular weight is 869 g/mol. The first-order chi connectivity index (χ1) is 29.6. The molecule has 4 heterocycles. The number of phenolic OH excluding ortho intramolecular Hbond substituents is 4. The first kappa shape index (κ1) is 43.2. The molecule has 20 nitrogen and oxygen atoms in total. The summed E-state index contributed by atoms with van der Waals surface area (Å²) >= 11 is 0. The van der Waals surface area contributed by atoms with Crippen molar-refractivity contribution in [2.75, 3.05) is 13.2 Å². The van der Waals surface area contributed by atoms with Crippen molar-refractivity contribution in [2.45, 2.75) is 92.1 Å². The van der Waals surface area contributed by atoms with Gasteiger partial charge in [0.1, 0.15) is 113 Å². The number of carbonyl (C=O) groups is 1. The lowest BCUT2D eigenvalue weighted by Crippen LogP contribution is -2.60. The number of hydrogen-bond donors (Lipinski definition) is 13. The molecule has 0 aliphatic carbocycles. The van der Waals surface area contributed by atoms with Crippen LogP contribution in [-0.2, 0) is 9.47 Å². The van der Waals surface area contributed by atoms with Crippen molar-refractivity contribution in [3.63, 3.8) is 0 Å². The van der Waals surface area contributed by atoms with Gasteiger partial charge in [-0.3, -0.25) is 4.79 Å². The molecule has 332 valence electrons. The second kappa shape index (κ2) is 17.0. The van der Waals surface area contributed by atoms with Gasteiger partial charge in [-0.05, 0) is 35.4 Å². The Morgan fingerprint density at radius 3 is 1.68 bits per heavy atom. The van der Waals surface area contributed by atoms with Gasteiger partial charge in [-0.1, -0.05) is 24.3 Å². The topological polar surface area (TPSA) is 335 Å². The van der Waals surface area contributed by atoms with E-state index < -0.39 is 122 Å². The molecule has 4 aromatic rings. The van der Waals surface area contributed by atoms with Gasteiger partial charge in [-0.2, -0.15) is 0 Å². The van der Waals surface area contributed by atoms with Crippen LogP contribution in [-0.4, -0.2) is 153 Å². The molecule has 13 N–H and O–H groups in total. The molecule has 0 amide bonds. The molecule has 62 heavy (non-hydrogen) atoms. The quantitative estimate of drug-likeness (QED) is 0.0979. The van der Waals surface area contributed by atoms with Gasteiger partial charge in [0, 0.05) is 29.3 Å². The number of carbonyl (C=O) groups excluding carboxylic acids is 1. The number of ketones is 1. The van der Waals surface area contributed by atoms with Crippen LogP contribution in [0.3, 0.4) is 0 Å². The molecule has 0 radical (unpaired) electrons. The third-order valence-electron chi connectivity index (χ3n) is 11.5. The summed E-state index contributed by atoms with van der Waals surface area (Å²) in [5.41, 5.74) is -0.123. The first-order valence-corrected chi connectivity index (χ1v) is 19.4. The van der Waals surface area contributed by atoms with Crippen LogP contribution >= 0.6 is 0 Å². The van der Waals surface area contributed by atoms with Crippen molar-refractivity contribution >= 4 is 5.78 Å². The SMILES string of the molecule is O=C1CC(c2ccc(O)cc2)Oc2c1c(O[C@@H]1O[C@H](CO)[C@@H](O)[C@H](O)[C@H]1O)cc(O)c2C1c2c(O)cc(O[C@@H]3O[C@H](CO)[C@@H](O)[C@H](O)[C@H]3O)cc2OC(c2ccc(O)cc2)C1O. The molecule has 4 aliphatic rings. The Labute approximate surface area is 350 Å². The summed E-state index contributed by atoms with van der Waals surface area (Å²) in [5, 5.41) is 139. The number of fused-ring (bicyclic) bond motifs is 2. The number of aliphatic hydroxyl groups excluding tert-OH is 9. The Morgan fingerprint density at radius 2 is 1.11 bits per heavy atom. The van der Waals surface area contributed by atoms with Gasteiger partial charge >= 0.3 is 0 Å². The number of rotatable bonds is 9. The Bertz CT molecular complexity index is 2270. The molecule has 0 aromatic heterocycles. The van der Waals surface area contributed by atoms with Crippen LogP contribution in [0.25, 0.3) is 0 Å². The van der Waals surface area contributed by atoms with Crippen LogP contribution in [0.2, 0.25) is 0 Å². The van der Waals surface area contributed by atoms with E-state index in [1.165, 1.54) is 54.6 Å². The zero-order valence-electron chi connectivity index (χ0n) is 32.2. The second-order valence-electron chi connectivity index (χ2n) is 15.4. The molecule has 8 rings (SSSR count). The Balaban J connectivity index is 1.28. The van der Waals surface area contributed by atoms with Gasteiger partial charge < -0.3 is 94.8 Å². The van der Waals surface area contributed by atoms with E-state index in [0.29, 0.717) is 5.56 Å². The van der Waals surface area contributed by atoms with Gasteiger partial charge in [0.15, 0.2) is 11.9 Å². The maximum Gasteiger partial charge on any atom is 0.229 e. The normalized spacial score (nSPS) is 33.1. The maximum atomic E-state index is 14.3. The van der Waals surface area contributed by atoms with Crippen molar-refractivity contribution < 1.29 is 99.6 Å². The highest BCUT2D eigenvalue weighted by molar-refractivity contribution is 6.03. The Morgan fingerprint density at radius 1 is 0.581 bits per heavy atom. The highest BCUT2D eigenvalue weighted by Gasteiger charge is 2.50. The predicted molar refractivity (Wildman–Crippen MR) is 205 cm³/mol. The molecule has 0 saturated carbocycles. The van der Waals surface area contributed by atoms with Crippen molar-refractivity contribution in [1.29, 1.82) is 0 Å². The molecular formula is C42H44O20. The molecular weight excluding hydrogens is 824 g/mol. The Hall–Kier alpha value is -5.49. The number of phenols is 4. The zero-order valence-corrected chi connectivity index (χ0v) is 32.2. The minimum absolute atomic E-state index is 0.0857. The van der Waals surface area contributed by atoms with Crippen molar-refractivity contribution in [3.05, 3.63) is 94.5 Å². The van der Waals surface area contributed by atoms with Crippen LogP contribution in [0.1, 0.15) is 57.2 Å². The van der Waals surface area contributed by atoms with E-state index in [2.05, 4.69) is 0 Å². The monoisotopic (exact) mass is 868 g/mol. The maximum absolute atomic E-state index is 14.3. The van der Waals surface area contributed by atoms with Gasteiger partial charge in [0.2, 0.25) is 12.6 Å². The number of hydrogen-bond acceptors (Lipinski definition) is 20. The van der Waals surface area contributed by atoms with Gasteiger partial charge in [-0.15, -0.1) is 0 Å². The minimum atomic E-state index is -1.93. The van der Waals surface area contributed by atoms with E-state index >= 15 is 0 Å². The van der Waals surface area contributed by atoms with Crippen molar-refractivity contribution in [1.82, 2.24) is 0 Å². The lowest BCUT2D eigenvalue weighted by Gasteiger charge is -2.41. The highest BCUT2D eigenvalue weighted by atomic mass is 16.7. The molecule has 14 atom stereocenters. The van der Waals surface area contributed by atoms with Crippen molar-refractivity contribution in [3.8, 4) is 46.0 Å². The second-order valence-corrected chi connectivity index (χ2v) is 15.4. The van der Waals surface area contributed by atoms with Crippen LogP contribution in [0, 0.1) is 0 Å². The summed E-state index contributed by atoms with van der Waals surface area (Å²) < 4.78 is 35.5.